The lowest BCUT2D eigenvalue weighted by molar-refractivity contribution is -0.187. The lowest BCUT2D eigenvalue weighted by Crippen LogP contribution is -2.51. The summed E-state index contributed by atoms with van der Waals surface area (Å²) in [4.78, 5) is 51.6. The Morgan fingerprint density at radius 1 is 1.14 bits per heavy atom. The van der Waals surface area contributed by atoms with Gasteiger partial charge in [0.1, 0.15) is 30.8 Å². The van der Waals surface area contributed by atoms with Gasteiger partial charge in [-0.3, -0.25) is 19.1 Å². The van der Waals surface area contributed by atoms with Gasteiger partial charge in [-0.2, -0.15) is 18.3 Å². The Morgan fingerprint density at radius 2 is 1.84 bits per heavy atom. The average molecular weight is 606 g/mol. The number of hydrogen-bond donors (Lipinski definition) is 1. The van der Waals surface area contributed by atoms with E-state index in [0.717, 1.165) is 25.1 Å². The molecule has 1 aliphatic carbocycles. The van der Waals surface area contributed by atoms with E-state index in [1.807, 2.05) is 0 Å². The molecule has 43 heavy (non-hydrogen) atoms. The minimum Gasteiger partial charge on any atom is -0.427 e. The smallest absolute Gasteiger partial charge is 0.418 e. The van der Waals surface area contributed by atoms with Gasteiger partial charge in [-0.25, -0.2) is 18.5 Å². The van der Waals surface area contributed by atoms with Crippen LogP contribution in [0.2, 0.25) is 0 Å². The van der Waals surface area contributed by atoms with E-state index < -0.39 is 66.4 Å². The SMILES string of the molecule is C[C@H](N(Cc1ccc(F)cc1)C(=O)CN1C(=O)OC2(CCc3cc(-c4cnn(CC(N)=O)c4)c(F)cc32)C1=O)C(F)(F)F. The molecule has 2 aliphatic rings. The molecule has 3 aromatic rings. The highest BCUT2D eigenvalue weighted by Gasteiger charge is 2.59. The lowest BCUT2D eigenvalue weighted by atomic mass is 9.93. The Morgan fingerprint density at radius 3 is 2.49 bits per heavy atom. The van der Waals surface area contributed by atoms with E-state index in [-0.39, 0.29) is 36.1 Å². The van der Waals surface area contributed by atoms with Crippen LogP contribution in [0, 0.1) is 11.6 Å². The van der Waals surface area contributed by atoms with E-state index in [1.165, 1.54) is 35.3 Å². The molecular formula is C28H24F5N5O5. The number of fused-ring (bicyclic) bond motifs is 2. The Bertz CT molecular complexity index is 1620. The second kappa shape index (κ2) is 10.8. The molecule has 1 fully saturated rings. The molecule has 0 saturated carbocycles. The highest BCUT2D eigenvalue weighted by Crippen LogP contribution is 2.47. The Labute approximate surface area is 240 Å². The van der Waals surface area contributed by atoms with Crippen LogP contribution in [0.1, 0.15) is 30.0 Å². The van der Waals surface area contributed by atoms with E-state index >= 15 is 4.39 Å². The standard InChI is InChI=1S/C28H24F5N5O5/c1-15(28(31,32)33)37(11-16-2-4-19(29)5-3-16)24(40)14-38-25(41)27(43-26(38)42)7-6-17-8-20(22(30)9-21(17)27)18-10-35-36(12-18)13-23(34)39/h2-5,8-10,12,15H,6-7,11,13-14H2,1H3,(H2,34,39)/t15-,27?/m0/s1. The molecule has 5 rings (SSSR count). The van der Waals surface area contributed by atoms with Gasteiger partial charge in [-0.15, -0.1) is 0 Å². The number of ether oxygens (including phenoxy) is 1. The van der Waals surface area contributed by atoms with Crippen molar-refractivity contribution in [3.05, 3.63) is 77.1 Å². The van der Waals surface area contributed by atoms with Gasteiger partial charge in [0.2, 0.25) is 17.4 Å². The lowest BCUT2D eigenvalue weighted by Gasteiger charge is -2.31. The predicted octanol–water partition coefficient (Wildman–Crippen LogP) is 3.41. The van der Waals surface area contributed by atoms with E-state index in [0.29, 0.717) is 20.9 Å². The Kier molecular flexibility index (Phi) is 7.44. The molecule has 1 aliphatic heterocycles. The summed E-state index contributed by atoms with van der Waals surface area (Å²) >= 11 is 0. The fourth-order valence-electron chi connectivity index (χ4n) is 5.26. The van der Waals surface area contributed by atoms with Crippen LogP contribution in [0.4, 0.5) is 26.7 Å². The van der Waals surface area contributed by atoms with Gasteiger partial charge >= 0.3 is 12.3 Å². The van der Waals surface area contributed by atoms with E-state index in [1.54, 1.807) is 0 Å². The van der Waals surface area contributed by atoms with Gasteiger partial charge in [-0.05, 0) is 48.7 Å². The zero-order valence-electron chi connectivity index (χ0n) is 22.5. The largest absolute Gasteiger partial charge is 0.427 e. The summed E-state index contributed by atoms with van der Waals surface area (Å²) < 4.78 is 76.3. The molecule has 10 nitrogen and oxygen atoms in total. The second-order valence-corrected chi connectivity index (χ2v) is 10.3. The average Bonchev–Trinajstić information content (AvgIpc) is 3.60. The molecule has 1 saturated heterocycles. The number of rotatable bonds is 8. The summed E-state index contributed by atoms with van der Waals surface area (Å²) in [6.45, 7) is -1.11. The third kappa shape index (κ3) is 5.53. The minimum absolute atomic E-state index is 0.0541. The first-order chi connectivity index (χ1) is 20.2. The molecule has 0 radical (unpaired) electrons. The van der Waals surface area contributed by atoms with Crippen LogP contribution in [0.3, 0.4) is 0 Å². The van der Waals surface area contributed by atoms with Crippen molar-refractivity contribution in [1.82, 2.24) is 19.6 Å². The van der Waals surface area contributed by atoms with Crippen LogP contribution in [0.25, 0.3) is 11.1 Å². The summed E-state index contributed by atoms with van der Waals surface area (Å²) in [7, 11) is 0. The van der Waals surface area contributed by atoms with Crippen molar-refractivity contribution < 1.29 is 45.9 Å². The molecule has 4 amide bonds. The Hall–Kier alpha value is -4.82. The molecule has 226 valence electrons. The van der Waals surface area contributed by atoms with E-state index in [2.05, 4.69) is 5.10 Å². The maximum absolute atomic E-state index is 15.3. The van der Waals surface area contributed by atoms with E-state index in [4.69, 9.17) is 10.5 Å². The van der Waals surface area contributed by atoms with Gasteiger partial charge in [0.25, 0.3) is 5.91 Å². The van der Waals surface area contributed by atoms with Crippen LogP contribution in [-0.2, 0) is 44.2 Å². The molecule has 1 spiro atoms. The van der Waals surface area contributed by atoms with Crippen LogP contribution in [0.5, 0.6) is 0 Å². The van der Waals surface area contributed by atoms with Crippen LogP contribution in [0.15, 0.2) is 48.8 Å². The van der Waals surface area contributed by atoms with Gasteiger partial charge in [0.05, 0.1) is 6.20 Å². The molecule has 2 N–H and O–H groups in total. The van der Waals surface area contributed by atoms with Gasteiger partial charge in [-0.1, -0.05) is 12.1 Å². The molecule has 1 aromatic heterocycles. The number of carbonyl (C=O) groups excluding carboxylic acids is 4. The highest BCUT2D eigenvalue weighted by atomic mass is 19.4. The third-order valence-corrected chi connectivity index (χ3v) is 7.53. The highest BCUT2D eigenvalue weighted by molar-refractivity contribution is 6.06. The summed E-state index contributed by atoms with van der Waals surface area (Å²) in [6.07, 6.45) is -3.27. The molecule has 0 bridgehead atoms. The van der Waals surface area contributed by atoms with Crippen LogP contribution < -0.4 is 5.73 Å². The number of alkyl halides is 3. The number of aryl methyl sites for hydroxylation is 1. The van der Waals surface area contributed by atoms with Crippen molar-refractivity contribution in [2.24, 2.45) is 5.73 Å². The second-order valence-electron chi connectivity index (χ2n) is 10.3. The fourth-order valence-corrected chi connectivity index (χ4v) is 5.26. The van der Waals surface area contributed by atoms with Gasteiger partial charge in [0.15, 0.2) is 0 Å². The number of nitrogens with two attached hydrogens (primary N) is 1. The van der Waals surface area contributed by atoms with Crippen molar-refractivity contribution in [1.29, 1.82) is 0 Å². The van der Waals surface area contributed by atoms with Crippen molar-refractivity contribution in [3.8, 4) is 11.1 Å². The number of aromatic nitrogens is 2. The van der Waals surface area contributed by atoms with Crippen molar-refractivity contribution >= 4 is 23.8 Å². The number of benzene rings is 2. The zero-order chi connectivity index (χ0) is 31.3. The van der Waals surface area contributed by atoms with Crippen molar-refractivity contribution in [2.45, 2.75) is 50.7 Å². The molecule has 15 heteroatoms. The molecule has 2 atom stereocenters. The fraction of sp³-hybridized carbons (Fsp3) is 0.321. The van der Waals surface area contributed by atoms with Gasteiger partial charge in [0, 0.05) is 35.9 Å². The maximum Gasteiger partial charge on any atom is 0.418 e. The minimum atomic E-state index is -4.84. The quantitative estimate of drug-likeness (QED) is 0.392. The first-order valence-corrected chi connectivity index (χ1v) is 13.0. The zero-order valence-corrected chi connectivity index (χ0v) is 22.5. The Balaban J connectivity index is 1.40. The number of halogens is 5. The number of nitrogens with zero attached hydrogens (tertiary/aromatic N) is 4. The van der Waals surface area contributed by atoms with Crippen LogP contribution >= 0.6 is 0 Å². The number of amides is 4. The number of carbonyl (C=O) groups is 4. The number of primary amides is 1. The maximum atomic E-state index is 15.3. The summed E-state index contributed by atoms with van der Waals surface area (Å²) in [5.41, 5.74) is 4.34. The number of imide groups is 1. The first kappa shape index (κ1) is 29.7. The summed E-state index contributed by atoms with van der Waals surface area (Å²) in [6, 6.07) is 4.66. The molecule has 1 unspecified atom stereocenters. The van der Waals surface area contributed by atoms with Crippen molar-refractivity contribution in [3.63, 3.8) is 0 Å². The monoisotopic (exact) mass is 605 g/mol. The van der Waals surface area contributed by atoms with Crippen LogP contribution in [-0.4, -0.2) is 62.2 Å². The molecule has 2 aromatic carbocycles. The number of hydrogen-bond acceptors (Lipinski definition) is 6. The normalized spacial score (nSPS) is 18.6. The topological polar surface area (TPSA) is 128 Å². The molecule has 2 heterocycles. The summed E-state index contributed by atoms with van der Waals surface area (Å²) in [5.74, 6) is -4.28. The van der Waals surface area contributed by atoms with E-state index in [9.17, 15) is 36.7 Å². The summed E-state index contributed by atoms with van der Waals surface area (Å²) in [5, 5.41) is 3.97. The molecular weight excluding hydrogens is 581 g/mol. The third-order valence-electron chi connectivity index (χ3n) is 7.53. The van der Waals surface area contributed by atoms with Crippen molar-refractivity contribution in [2.75, 3.05) is 6.54 Å². The predicted molar refractivity (Wildman–Crippen MR) is 137 cm³/mol. The van der Waals surface area contributed by atoms with Gasteiger partial charge < -0.3 is 15.4 Å². The first-order valence-electron chi connectivity index (χ1n) is 13.0.